The molecule has 0 radical (unpaired) electrons. The third kappa shape index (κ3) is 3.45. The lowest BCUT2D eigenvalue weighted by molar-refractivity contribution is 0.101. The normalized spacial score (nSPS) is 11.1. The average molecular weight is 341 g/mol. The monoisotopic (exact) mass is 340 g/mol. The average Bonchev–Trinajstić information content (AvgIpc) is 2.94. The van der Waals surface area contributed by atoms with Crippen molar-refractivity contribution in [2.24, 2.45) is 7.05 Å². The lowest BCUT2D eigenvalue weighted by Crippen LogP contribution is -2.18. The number of rotatable bonds is 5. The van der Waals surface area contributed by atoms with Gasteiger partial charge in [0.1, 0.15) is 5.69 Å². The number of amides is 1. The van der Waals surface area contributed by atoms with Crippen molar-refractivity contribution < 1.29 is 4.79 Å². The number of aryl methyl sites for hydroxylation is 1. The van der Waals surface area contributed by atoms with E-state index < -0.39 is 0 Å². The minimum atomic E-state index is -0.218. The van der Waals surface area contributed by atoms with Crippen molar-refractivity contribution in [1.29, 1.82) is 0 Å². The van der Waals surface area contributed by atoms with Crippen LogP contribution in [0.2, 0.25) is 0 Å². The molecule has 0 aliphatic carbocycles. The summed E-state index contributed by atoms with van der Waals surface area (Å²) < 4.78 is 3.99. The first-order valence-electron chi connectivity index (χ1n) is 6.13. The molecule has 0 bridgehead atoms. The van der Waals surface area contributed by atoms with Crippen molar-refractivity contribution in [3.05, 3.63) is 28.8 Å². The van der Waals surface area contributed by atoms with E-state index in [1.54, 1.807) is 24.1 Å². The van der Waals surface area contributed by atoms with Gasteiger partial charge in [0.2, 0.25) is 0 Å². The molecule has 2 aromatic rings. The molecule has 0 fully saturated rings. The number of likely N-dealkylation sites (N-methyl/N-ethyl adjacent to an activating group) is 1. The van der Waals surface area contributed by atoms with Crippen LogP contribution in [-0.2, 0) is 13.6 Å². The van der Waals surface area contributed by atoms with Gasteiger partial charge in [-0.3, -0.25) is 14.2 Å². The van der Waals surface area contributed by atoms with Crippen molar-refractivity contribution in [2.75, 3.05) is 26.0 Å². The summed E-state index contributed by atoms with van der Waals surface area (Å²) in [6.07, 6.45) is 5.04. The Morgan fingerprint density at radius 1 is 1.40 bits per heavy atom. The smallest absolute Gasteiger partial charge is 0.275 e. The second-order valence-electron chi connectivity index (χ2n) is 4.71. The minimum Gasteiger partial charge on any atom is -0.318 e. The van der Waals surface area contributed by atoms with E-state index in [4.69, 9.17) is 0 Å². The number of hydrogen-bond acceptors (Lipinski definition) is 4. The van der Waals surface area contributed by atoms with Gasteiger partial charge in [0.15, 0.2) is 0 Å². The lowest BCUT2D eigenvalue weighted by atomic mass is 10.4. The number of nitrogens with one attached hydrogen (secondary N) is 1. The first-order chi connectivity index (χ1) is 9.47. The topological polar surface area (TPSA) is 68.0 Å². The Hall–Kier alpha value is -1.67. The Morgan fingerprint density at radius 3 is 2.75 bits per heavy atom. The summed E-state index contributed by atoms with van der Waals surface area (Å²) in [5.74, 6) is -0.218. The molecule has 2 aromatic heterocycles. The van der Waals surface area contributed by atoms with Crippen LogP contribution in [0.3, 0.4) is 0 Å². The van der Waals surface area contributed by atoms with Crippen LogP contribution in [-0.4, -0.2) is 51.0 Å². The number of aromatic nitrogens is 4. The highest BCUT2D eigenvalue weighted by Crippen LogP contribution is 2.16. The van der Waals surface area contributed by atoms with Crippen LogP contribution >= 0.6 is 15.9 Å². The molecule has 0 spiro atoms. The lowest BCUT2D eigenvalue weighted by Gasteiger charge is -2.08. The first kappa shape index (κ1) is 14.7. The Labute approximate surface area is 125 Å². The fourth-order valence-electron chi connectivity index (χ4n) is 1.71. The zero-order valence-corrected chi connectivity index (χ0v) is 13.3. The highest BCUT2D eigenvalue weighted by Gasteiger charge is 2.15. The zero-order valence-electron chi connectivity index (χ0n) is 11.7. The fourth-order valence-corrected chi connectivity index (χ4v) is 2.24. The molecule has 108 valence electrons. The van der Waals surface area contributed by atoms with Gasteiger partial charge >= 0.3 is 0 Å². The number of carbonyl (C=O) groups excluding carboxylic acids is 1. The standard InChI is InChI=1S/C12H17BrN6O/c1-17(2)4-5-19-8-9(6-15-19)16-12(20)11-10(13)7-14-18(11)3/h6-8H,4-5H2,1-3H3,(H,16,20). The second-order valence-corrected chi connectivity index (χ2v) is 5.57. The van der Waals surface area contributed by atoms with Crippen molar-refractivity contribution in [1.82, 2.24) is 24.5 Å². The molecule has 8 heteroatoms. The molecule has 2 heterocycles. The molecule has 0 aromatic carbocycles. The van der Waals surface area contributed by atoms with Gasteiger partial charge in [-0.1, -0.05) is 0 Å². The molecular weight excluding hydrogens is 324 g/mol. The van der Waals surface area contributed by atoms with Gasteiger partial charge in [-0.15, -0.1) is 0 Å². The maximum atomic E-state index is 12.1. The largest absolute Gasteiger partial charge is 0.318 e. The SMILES string of the molecule is CN(C)CCn1cc(NC(=O)c2c(Br)cnn2C)cn1. The maximum absolute atomic E-state index is 12.1. The number of anilines is 1. The van der Waals surface area contributed by atoms with E-state index in [-0.39, 0.29) is 5.91 Å². The van der Waals surface area contributed by atoms with Crippen molar-refractivity contribution in [2.45, 2.75) is 6.54 Å². The van der Waals surface area contributed by atoms with Crippen LogP contribution in [0, 0.1) is 0 Å². The van der Waals surface area contributed by atoms with Crippen LogP contribution in [0.1, 0.15) is 10.5 Å². The molecule has 0 saturated heterocycles. The van der Waals surface area contributed by atoms with E-state index in [1.165, 1.54) is 4.68 Å². The highest BCUT2D eigenvalue weighted by atomic mass is 79.9. The van der Waals surface area contributed by atoms with Gasteiger partial charge in [-0.25, -0.2) is 0 Å². The van der Waals surface area contributed by atoms with Crippen LogP contribution < -0.4 is 5.32 Å². The zero-order chi connectivity index (χ0) is 14.7. The van der Waals surface area contributed by atoms with E-state index in [0.717, 1.165) is 13.1 Å². The molecule has 0 aliphatic rings. The van der Waals surface area contributed by atoms with Crippen LogP contribution in [0.5, 0.6) is 0 Å². The molecule has 2 rings (SSSR count). The molecule has 0 aliphatic heterocycles. The van der Waals surface area contributed by atoms with Gasteiger partial charge in [0.05, 0.1) is 29.1 Å². The van der Waals surface area contributed by atoms with E-state index >= 15 is 0 Å². The van der Waals surface area contributed by atoms with E-state index in [0.29, 0.717) is 15.9 Å². The molecular formula is C12H17BrN6O. The molecule has 7 nitrogen and oxygen atoms in total. The Balaban J connectivity index is 2.02. The van der Waals surface area contributed by atoms with Gasteiger partial charge in [-0.05, 0) is 30.0 Å². The van der Waals surface area contributed by atoms with Crippen LogP contribution in [0.4, 0.5) is 5.69 Å². The quantitative estimate of drug-likeness (QED) is 0.887. The molecule has 1 amide bonds. The number of halogens is 1. The number of carbonyl (C=O) groups is 1. The van der Waals surface area contributed by atoms with Crippen LogP contribution in [0.25, 0.3) is 0 Å². The Kier molecular flexibility index (Phi) is 4.56. The Morgan fingerprint density at radius 2 is 2.15 bits per heavy atom. The predicted octanol–water partition coefficient (Wildman–Crippen LogP) is 1.19. The maximum Gasteiger partial charge on any atom is 0.275 e. The Bertz CT molecular complexity index is 583. The summed E-state index contributed by atoms with van der Waals surface area (Å²) in [4.78, 5) is 14.2. The van der Waals surface area contributed by atoms with Crippen molar-refractivity contribution >= 4 is 27.5 Å². The second kappa shape index (κ2) is 6.19. The third-order valence-electron chi connectivity index (χ3n) is 2.78. The summed E-state index contributed by atoms with van der Waals surface area (Å²) in [6.45, 7) is 1.67. The predicted molar refractivity (Wildman–Crippen MR) is 79.6 cm³/mol. The third-order valence-corrected chi connectivity index (χ3v) is 3.36. The summed E-state index contributed by atoms with van der Waals surface area (Å²) in [5.41, 5.74) is 1.15. The molecule has 0 atom stereocenters. The van der Waals surface area contributed by atoms with Crippen molar-refractivity contribution in [3.8, 4) is 0 Å². The summed E-state index contributed by atoms with van der Waals surface area (Å²) in [7, 11) is 5.73. The fraction of sp³-hybridized carbons (Fsp3) is 0.417. The van der Waals surface area contributed by atoms with Crippen LogP contribution in [0.15, 0.2) is 23.1 Å². The van der Waals surface area contributed by atoms with E-state index in [9.17, 15) is 4.79 Å². The van der Waals surface area contributed by atoms with E-state index in [1.807, 2.05) is 20.3 Å². The first-order valence-corrected chi connectivity index (χ1v) is 6.92. The number of hydrogen-bond donors (Lipinski definition) is 1. The highest BCUT2D eigenvalue weighted by molar-refractivity contribution is 9.10. The molecule has 1 N–H and O–H groups in total. The molecule has 0 unspecified atom stereocenters. The molecule has 20 heavy (non-hydrogen) atoms. The summed E-state index contributed by atoms with van der Waals surface area (Å²) in [6, 6.07) is 0. The van der Waals surface area contributed by atoms with Gasteiger partial charge in [-0.2, -0.15) is 10.2 Å². The summed E-state index contributed by atoms with van der Waals surface area (Å²) >= 11 is 3.31. The van der Waals surface area contributed by atoms with Gasteiger partial charge < -0.3 is 10.2 Å². The molecule has 0 saturated carbocycles. The van der Waals surface area contributed by atoms with E-state index in [2.05, 4.69) is 36.3 Å². The summed E-state index contributed by atoms with van der Waals surface area (Å²) in [5, 5.41) is 11.0. The van der Waals surface area contributed by atoms with Crippen molar-refractivity contribution in [3.63, 3.8) is 0 Å². The minimum absolute atomic E-state index is 0.218. The van der Waals surface area contributed by atoms with Gasteiger partial charge in [0.25, 0.3) is 5.91 Å². The van der Waals surface area contributed by atoms with Gasteiger partial charge in [0, 0.05) is 19.8 Å². The number of nitrogens with zero attached hydrogens (tertiary/aromatic N) is 5.